The molecule has 14 heteroatoms. The molecule has 8 nitrogen and oxygen atoms in total. The molecule has 1 saturated heterocycles. The van der Waals surface area contributed by atoms with Gasteiger partial charge in [0.1, 0.15) is 5.69 Å². The number of hydrogen-bond acceptors (Lipinski definition) is 6. The highest BCUT2D eigenvalue weighted by Gasteiger charge is 2.29. The molecule has 0 radical (unpaired) electrons. The van der Waals surface area contributed by atoms with Crippen molar-refractivity contribution < 1.29 is 49.4 Å². The molecule has 0 unspecified atom stereocenters. The molecule has 2 aromatic rings. The van der Waals surface area contributed by atoms with E-state index in [0.717, 1.165) is 6.07 Å². The number of sulfonamides is 1. The quantitative estimate of drug-likeness (QED) is 0.279. The number of carbonyl (C=O) groups is 2. The summed E-state index contributed by atoms with van der Waals surface area (Å²) in [6.07, 6.45) is 0. The van der Waals surface area contributed by atoms with E-state index in [9.17, 15) is 40.0 Å². The van der Waals surface area contributed by atoms with Crippen LogP contribution in [0.3, 0.4) is 0 Å². The standard InChI is InChI=1S/C20H17F5N2O6S/c1-10-2-3-11(34(30,31)27-4-6-32-7-5-27)8-12(10)20(29)33-9-13(28)26-19-17(24)15(22)14(21)16(23)18(19)25/h2-3,8H,4-7,9H2,1H3,(H,26,28). The maximum atomic E-state index is 13.7. The Morgan fingerprint density at radius 3 is 2.15 bits per heavy atom. The third kappa shape index (κ3) is 5.03. The first-order chi connectivity index (χ1) is 15.9. The smallest absolute Gasteiger partial charge is 0.338 e. The van der Waals surface area contributed by atoms with Crippen LogP contribution >= 0.6 is 0 Å². The third-order valence-corrected chi connectivity index (χ3v) is 6.74. The second-order valence-electron chi connectivity index (χ2n) is 7.06. The molecule has 184 valence electrons. The summed E-state index contributed by atoms with van der Waals surface area (Å²) in [5, 5.41) is 1.46. The van der Waals surface area contributed by atoms with E-state index in [1.54, 1.807) is 0 Å². The Balaban J connectivity index is 1.73. The molecular weight excluding hydrogens is 491 g/mol. The Hall–Kier alpha value is -3.10. The molecule has 0 aromatic heterocycles. The number of carbonyl (C=O) groups excluding carboxylic acids is 2. The second kappa shape index (κ2) is 10.0. The number of nitrogens with one attached hydrogen (secondary N) is 1. The van der Waals surface area contributed by atoms with Crippen LogP contribution < -0.4 is 5.32 Å². The van der Waals surface area contributed by atoms with Crippen molar-refractivity contribution in [1.29, 1.82) is 0 Å². The van der Waals surface area contributed by atoms with Gasteiger partial charge in [0.2, 0.25) is 15.8 Å². The lowest BCUT2D eigenvalue weighted by atomic mass is 10.1. The number of nitrogens with zero attached hydrogens (tertiary/aromatic N) is 1. The van der Waals surface area contributed by atoms with Gasteiger partial charge in [0, 0.05) is 13.1 Å². The Morgan fingerprint density at radius 1 is 1.00 bits per heavy atom. The van der Waals surface area contributed by atoms with Gasteiger partial charge in [0.05, 0.1) is 23.7 Å². The number of ether oxygens (including phenoxy) is 2. The summed E-state index contributed by atoms with van der Waals surface area (Å²) in [5.74, 6) is -14.0. The summed E-state index contributed by atoms with van der Waals surface area (Å²) in [6, 6.07) is 3.68. The number of esters is 1. The topological polar surface area (TPSA) is 102 Å². The van der Waals surface area contributed by atoms with Crippen LogP contribution in [-0.2, 0) is 24.3 Å². The van der Waals surface area contributed by atoms with Gasteiger partial charge in [0.25, 0.3) is 5.91 Å². The molecule has 0 bridgehead atoms. The summed E-state index contributed by atoms with van der Waals surface area (Å²) in [7, 11) is -3.95. The Morgan fingerprint density at radius 2 is 1.56 bits per heavy atom. The van der Waals surface area contributed by atoms with Crippen LogP contribution in [-0.4, -0.2) is 57.5 Å². The molecule has 1 N–H and O–H groups in total. The van der Waals surface area contributed by atoms with E-state index in [-0.39, 0.29) is 36.8 Å². The van der Waals surface area contributed by atoms with E-state index < -0.39 is 63.3 Å². The van der Waals surface area contributed by atoms with E-state index in [2.05, 4.69) is 0 Å². The zero-order chi connectivity index (χ0) is 25.2. The van der Waals surface area contributed by atoms with Gasteiger partial charge in [-0.3, -0.25) is 4.79 Å². The summed E-state index contributed by atoms with van der Waals surface area (Å²) in [6.45, 7) is 0.965. The lowest BCUT2D eigenvalue weighted by molar-refractivity contribution is -0.119. The highest BCUT2D eigenvalue weighted by molar-refractivity contribution is 7.89. The number of halogens is 5. The number of amides is 1. The van der Waals surface area contributed by atoms with Gasteiger partial charge in [-0.25, -0.2) is 35.2 Å². The fourth-order valence-corrected chi connectivity index (χ4v) is 4.45. The zero-order valence-corrected chi connectivity index (χ0v) is 18.3. The van der Waals surface area contributed by atoms with Crippen LogP contribution in [0.2, 0.25) is 0 Å². The van der Waals surface area contributed by atoms with E-state index in [1.807, 2.05) is 0 Å². The first-order valence-electron chi connectivity index (χ1n) is 9.62. The Bertz CT molecular complexity index is 1220. The monoisotopic (exact) mass is 508 g/mol. The van der Waals surface area contributed by atoms with Crippen molar-refractivity contribution in [2.75, 3.05) is 38.2 Å². The molecule has 3 rings (SSSR count). The molecule has 1 fully saturated rings. The predicted octanol–water partition coefficient (Wildman–Crippen LogP) is 2.51. The minimum Gasteiger partial charge on any atom is -0.452 e. The molecule has 0 saturated carbocycles. The number of hydrogen-bond donors (Lipinski definition) is 1. The van der Waals surface area contributed by atoms with E-state index in [4.69, 9.17) is 9.47 Å². The van der Waals surface area contributed by atoms with Crippen LogP contribution in [0.4, 0.5) is 27.6 Å². The van der Waals surface area contributed by atoms with Crippen molar-refractivity contribution in [3.8, 4) is 0 Å². The highest BCUT2D eigenvalue weighted by atomic mass is 32.2. The van der Waals surface area contributed by atoms with Gasteiger partial charge in [-0.1, -0.05) is 6.07 Å². The van der Waals surface area contributed by atoms with Gasteiger partial charge >= 0.3 is 5.97 Å². The normalized spacial score (nSPS) is 14.6. The Labute approximate surface area is 190 Å². The van der Waals surface area contributed by atoms with Crippen LogP contribution in [0.1, 0.15) is 15.9 Å². The summed E-state index contributed by atoms with van der Waals surface area (Å²) >= 11 is 0. The van der Waals surface area contributed by atoms with Crippen molar-refractivity contribution >= 4 is 27.6 Å². The molecular formula is C20H17F5N2O6S. The Kier molecular flexibility index (Phi) is 7.53. The minimum atomic E-state index is -3.95. The first-order valence-corrected chi connectivity index (χ1v) is 11.1. The summed E-state index contributed by atoms with van der Waals surface area (Å²) < 4.78 is 104. The number of morpholine rings is 1. The van der Waals surface area contributed by atoms with Gasteiger partial charge in [0.15, 0.2) is 29.9 Å². The van der Waals surface area contributed by atoms with E-state index >= 15 is 0 Å². The van der Waals surface area contributed by atoms with Crippen LogP contribution in [0.25, 0.3) is 0 Å². The number of rotatable bonds is 6. The fourth-order valence-electron chi connectivity index (χ4n) is 3.02. The van der Waals surface area contributed by atoms with Crippen LogP contribution in [0.5, 0.6) is 0 Å². The number of anilines is 1. The molecule has 0 spiro atoms. The molecule has 1 heterocycles. The molecule has 34 heavy (non-hydrogen) atoms. The molecule has 1 aliphatic heterocycles. The van der Waals surface area contributed by atoms with Crippen molar-refractivity contribution in [3.63, 3.8) is 0 Å². The molecule has 1 aliphatic rings. The summed E-state index contributed by atoms with van der Waals surface area (Å²) in [4.78, 5) is 24.1. The maximum Gasteiger partial charge on any atom is 0.338 e. The third-order valence-electron chi connectivity index (χ3n) is 4.85. The van der Waals surface area contributed by atoms with Gasteiger partial charge in [-0.05, 0) is 24.6 Å². The van der Waals surface area contributed by atoms with Crippen LogP contribution in [0.15, 0.2) is 23.1 Å². The van der Waals surface area contributed by atoms with Gasteiger partial charge in [-0.15, -0.1) is 0 Å². The summed E-state index contributed by atoms with van der Waals surface area (Å²) in [5.41, 5.74) is -1.52. The maximum absolute atomic E-state index is 13.7. The van der Waals surface area contributed by atoms with E-state index in [1.165, 1.54) is 28.7 Å². The average Bonchev–Trinajstić information content (AvgIpc) is 2.83. The lowest BCUT2D eigenvalue weighted by Gasteiger charge is -2.26. The first kappa shape index (κ1) is 25.5. The second-order valence-corrected chi connectivity index (χ2v) is 9.00. The van der Waals surface area contributed by atoms with Crippen molar-refractivity contribution in [2.45, 2.75) is 11.8 Å². The molecule has 0 aliphatic carbocycles. The average molecular weight is 508 g/mol. The predicted molar refractivity (Wildman–Crippen MR) is 106 cm³/mol. The van der Waals surface area contributed by atoms with Gasteiger partial charge in [-0.2, -0.15) is 4.31 Å². The molecule has 1 amide bonds. The van der Waals surface area contributed by atoms with Crippen molar-refractivity contribution in [3.05, 3.63) is 58.4 Å². The minimum absolute atomic E-state index is 0.119. The van der Waals surface area contributed by atoms with E-state index in [0.29, 0.717) is 5.56 Å². The molecule has 2 aromatic carbocycles. The van der Waals surface area contributed by atoms with Crippen molar-refractivity contribution in [1.82, 2.24) is 4.31 Å². The lowest BCUT2D eigenvalue weighted by Crippen LogP contribution is -2.40. The SMILES string of the molecule is Cc1ccc(S(=O)(=O)N2CCOCC2)cc1C(=O)OCC(=O)Nc1c(F)c(F)c(F)c(F)c1F. The van der Waals surface area contributed by atoms with Crippen molar-refractivity contribution in [2.24, 2.45) is 0 Å². The van der Waals surface area contributed by atoms with Crippen LogP contribution in [0, 0.1) is 36.0 Å². The number of aryl methyl sites for hydroxylation is 1. The zero-order valence-electron chi connectivity index (χ0n) is 17.5. The fraction of sp³-hybridized carbons (Fsp3) is 0.300. The molecule has 0 atom stereocenters. The van der Waals surface area contributed by atoms with Gasteiger partial charge < -0.3 is 14.8 Å². The largest absolute Gasteiger partial charge is 0.452 e. The highest BCUT2D eigenvalue weighted by Crippen LogP contribution is 2.27. The number of benzene rings is 2.